The van der Waals surface area contributed by atoms with E-state index in [4.69, 9.17) is 9.47 Å². The van der Waals surface area contributed by atoms with Crippen LogP contribution in [-0.2, 0) is 14.8 Å². The lowest BCUT2D eigenvalue weighted by atomic mass is 10.3. The highest BCUT2D eigenvalue weighted by Crippen LogP contribution is 2.30. The molecule has 2 aromatic rings. The Kier molecular flexibility index (Phi) is 5.30. The summed E-state index contributed by atoms with van der Waals surface area (Å²) in [4.78, 5) is 11.3. The fourth-order valence-electron chi connectivity index (χ4n) is 2.07. The minimum Gasteiger partial charge on any atom is -0.495 e. The van der Waals surface area contributed by atoms with E-state index >= 15 is 0 Å². The second-order valence-electron chi connectivity index (χ2n) is 4.85. The molecule has 1 amide bonds. The van der Waals surface area contributed by atoms with Crippen LogP contribution >= 0.6 is 0 Å². The largest absolute Gasteiger partial charge is 0.495 e. The van der Waals surface area contributed by atoms with Gasteiger partial charge in [0.15, 0.2) is 0 Å². The van der Waals surface area contributed by atoms with Crippen molar-refractivity contribution in [3.05, 3.63) is 42.5 Å². The molecule has 0 saturated heterocycles. The van der Waals surface area contributed by atoms with Gasteiger partial charge in [-0.3, -0.25) is 9.52 Å². The predicted molar refractivity (Wildman–Crippen MR) is 91.1 cm³/mol. The van der Waals surface area contributed by atoms with Crippen LogP contribution in [0, 0.1) is 0 Å². The minimum atomic E-state index is -3.87. The van der Waals surface area contributed by atoms with Crippen LogP contribution in [0.2, 0.25) is 0 Å². The van der Waals surface area contributed by atoms with E-state index in [-0.39, 0.29) is 16.5 Å². The van der Waals surface area contributed by atoms with Crippen LogP contribution in [0.4, 0.5) is 11.4 Å². The summed E-state index contributed by atoms with van der Waals surface area (Å²) in [7, 11) is -0.980. The van der Waals surface area contributed by atoms with E-state index in [0.717, 1.165) is 0 Å². The lowest BCUT2D eigenvalue weighted by Crippen LogP contribution is -2.15. The lowest BCUT2D eigenvalue weighted by Gasteiger charge is -2.14. The summed E-state index contributed by atoms with van der Waals surface area (Å²) in [6, 6.07) is 10.9. The Bertz CT molecular complexity index is 849. The average molecular weight is 350 g/mol. The maximum absolute atomic E-state index is 12.6. The SMILES string of the molecule is COc1ccc(S(=O)(=O)Nc2ccccc2OC)cc1NC(C)=O. The molecule has 0 saturated carbocycles. The van der Waals surface area contributed by atoms with Gasteiger partial charge in [-0.05, 0) is 30.3 Å². The molecule has 0 spiro atoms. The molecular weight excluding hydrogens is 332 g/mol. The maximum atomic E-state index is 12.6. The maximum Gasteiger partial charge on any atom is 0.262 e. The Morgan fingerprint density at radius 3 is 2.21 bits per heavy atom. The number of rotatable bonds is 6. The molecule has 2 aromatic carbocycles. The minimum absolute atomic E-state index is 0.0158. The highest BCUT2D eigenvalue weighted by Gasteiger charge is 2.18. The molecule has 0 aliphatic heterocycles. The van der Waals surface area contributed by atoms with Crippen LogP contribution in [-0.4, -0.2) is 28.5 Å². The number of ether oxygens (including phenoxy) is 2. The van der Waals surface area contributed by atoms with Crippen molar-refractivity contribution >= 4 is 27.3 Å². The fourth-order valence-corrected chi connectivity index (χ4v) is 3.17. The summed E-state index contributed by atoms with van der Waals surface area (Å²) in [6.45, 7) is 1.33. The summed E-state index contributed by atoms with van der Waals surface area (Å²) in [5, 5.41) is 2.54. The Morgan fingerprint density at radius 1 is 0.958 bits per heavy atom. The van der Waals surface area contributed by atoms with Gasteiger partial charge in [-0.1, -0.05) is 12.1 Å². The molecular formula is C16H18N2O5S. The number of hydrogen-bond donors (Lipinski definition) is 2. The first-order valence-electron chi connectivity index (χ1n) is 6.99. The number of amides is 1. The van der Waals surface area contributed by atoms with Gasteiger partial charge in [0, 0.05) is 6.92 Å². The second-order valence-corrected chi connectivity index (χ2v) is 6.53. The van der Waals surface area contributed by atoms with Crippen LogP contribution in [0.15, 0.2) is 47.4 Å². The van der Waals surface area contributed by atoms with Gasteiger partial charge in [0.25, 0.3) is 10.0 Å². The van der Waals surface area contributed by atoms with E-state index in [1.165, 1.54) is 39.3 Å². The zero-order chi connectivity index (χ0) is 17.7. The van der Waals surface area contributed by atoms with Gasteiger partial charge in [0.1, 0.15) is 11.5 Å². The molecule has 128 valence electrons. The fraction of sp³-hybridized carbons (Fsp3) is 0.188. The number of hydrogen-bond acceptors (Lipinski definition) is 5. The molecule has 0 aliphatic carbocycles. The summed E-state index contributed by atoms with van der Waals surface area (Å²) < 4.78 is 37.9. The van der Waals surface area contributed by atoms with Crippen LogP contribution in [0.3, 0.4) is 0 Å². The van der Waals surface area contributed by atoms with Crippen LogP contribution < -0.4 is 19.5 Å². The molecule has 0 unspecified atom stereocenters. The standard InChI is InChI=1S/C16H18N2O5S/c1-11(19)17-14-10-12(8-9-16(14)23-3)24(20,21)18-13-6-4-5-7-15(13)22-2/h4-10,18H,1-3H3,(H,17,19). The third kappa shape index (κ3) is 3.96. The Hall–Kier alpha value is -2.74. The second kappa shape index (κ2) is 7.22. The van der Waals surface area contributed by atoms with Crippen molar-refractivity contribution in [2.24, 2.45) is 0 Å². The third-order valence-corrected chi connectivity index (χ3v) is 4.51. The number of methoxy groups -OCH3 is 2. The number of carbonyl (C=O) groups excluding carboxylic acids is 1. The Balaban J connectivity index is 2.40. The monoisotopic (exact) mass is 350 g/mol. The average Bonchev–Trinajstić information content (AvgIpc) is 2.54. The van der Waals surface area contributed by atoms with E-state index in [9.17, 15) is 13.2 Å². The van der Waals surface area contributed by atoms with E-state index in [1.807, 2.05) is 0 Å². The van der Waals surface area contributed by atoms with Crippen molar-refractivity contribution in [1.82, 2.24) is 0 Å². The highest BCUT2D eigenvalue weighted by molar-refractivity contribution is 7.92. The molecule has 2 N–H and O–H groups in total. The van der Waals surface area contributed by atoms with Crippen molar-refractivity contribution in [1.29, 1.82) is 0 Å². The summed E-state index contributed by atoms with van der Waals surface area (Å²) >= 11 is 0. The third-order valence-electron chi connectivity index (χ3n) is 3.14. The molecule has 2 rings (SSSR count). The summed E-state index contributed by atoms with van der Waals surface area (Å²) in [5.74, 6) is 0.429. The van der Waals surface area contributed by atoms with Gasteiger partial charge < -0.3 is 14.8 Å². The van der Waals surface area contributed by atoms with Crippen molar-refractivity contribution in [2.75, 3.05) is 24.3 Å². The van der Waals surface area contributed by atoms with Gasteiger partial charge in [0.05, 0.1) is 30.5 Å². The van der Waals surface area contributed by atoms with Crippen LogP contribution in [0.5, 0.6) is 11.5 Å². The van der Waals surface area contributed by atoms with Gasteiger partial charge in [-0.25, -0.2) is 8.42 Å². The van der Waals surface area contributed by atoms with Crippen LogP contribution in [0.25, 0.3) is 0 Å². The number of nitrogens with one attached hydrogen (secondary N) is 2. The number of anilines is 2. The number of carbonyl (C=O) groups is 1. The van der Waals surface area contributed by atoms with Crippen molar-refractivity contribution < 1.29 is 22.7 Å². The lowest BCUT2D eigenvalue weighted by molar-refractivity contribution is -0.114. The molecule has 0 bridgehead atoms. The number of sulfonamides is 1. The Morgan fingerprint density at radius 2 is 1.58 bits per heavy atom. The first-order valence-corrected chi connectivity index (χ1v) is 8.47. The summed E-state index contributed by atoms with van der Waals surface area (Å²) in [6.07, 6.45) is 0. The quantitative estimate of drug-likeness (QED) is 0.835. The number of benzene rings is 2. The molecule has 8 heteroatoms. The topological polar surface area (TPSA) is 93.7 Å². The van der Waals surface area contributed by atoms with E-state index in [0.29, 0.717) is 17.2 Å². The van der Waals surface area contributed by atoms with Crippen molar-refractivity contribution in [3.63, 3.8) is 0 Å². The van der Waals surface area contributed by atoms with E-state index in [1.54, 1.807) is 24.3 Å². The molecule has 0 aliphatic rings. The molecule has 0 fully saturated rings. The van der Waals surface area contributed by atoms with Gasteiger partial charge in [-0.2, -0.15) is 0 Å². The van der Waals surface area contributed by atoms with E-state index < -0.39 is 10.0 Å². The van der Waals surface area contributed by atoms with Crippen LogP contribution in [0.1, 0.15) is 6.92 Å². The molecule has 0 aromatic heterocycles. The predicted octanol–water partition coefficient (Wildman–Crippen LogP) is 2.46. The smallest absolute Gasteiger partial charge is 0.262 e. The summed E-state index contributed by atoms with van der Waals surface area (Å²) in [5.41, 5.74) is 0.588. The normalized spacial score (nSPS) is 10.8. The molecule has 0 heterocycles. The van der Waals surface area contributed by atoms with Crippen molar-refractivity contribution in [3.8, 4) is 11.5 Å². The van der Waals surface area contributed by atoms with Gasteiger partial charge in [0.2, 0.25) is 5.91 Å². The van der Waals surface area contributed by atoms with Gasteiger partial charge in [-0.15, -0.1) is 0 Å². The Labute approximate surface area is 140 Å². The molecule has 24 heavy (non-hydrogen) atoms. The highest BCUT2D eigenvalue weighted by atomic mass is 32.2. The number of para-hydroxylation sites is 2. The molecule has 0 atom stereocenters. The van der Waals surface area contributed by atoms with E-state index in [2.05, 4.69) is 10.0 Å². The van der Waals surface area contributed by atoms with Crippen molar-refractivity contribution in [2.45, 2.75) is 11.8 Å². The van der Waals surface area contributed by atoms with Gasteiger partial charge >= 0.3 is 0 Å². The first-order chi connectivity index (χ1) is 11.4. The zero-order valence-electron chi connectivity index (χ0n) is 13.5. The molecule has 0 radical (unpaired) electrons. The zero-order valence-corrected chi connectivity index (χ0v) is 14.3. The molecule has 7 nitrogen and oxygen atoms in total. The first kappa shape index (κ1) is 17.6.